The Labute approximate surface area is 138 Å². The molecular weight excluding hydrogens is 310 g/mol. The summed E-state index contributed by atoms with van der Waals surface area (Å²) in [6, 6.07) is 3.63. The Morgan fingerprint density at radius 2 is 2.17 bits per heavy atom. The molecule has 9 nitrogen and oxygen atoms in total. The molecule has 0 radical (unpaired) electrons. The van der Waals surface area contributed by atoms with Crippen LogP contribution < -0.4 is 5.32 Å². The first-order valence-corrected chi connectivity index (χ1v) is 7.72. The fraction of sp³-hybridized carbons (Fsp3) is 0.400. The maximum Gasteiger partial charge on any atom is 0.265 e. The molecule has 0 aromatic carbocycles. The Kier molecular flexibility index (Phi) is 4.41. The van der Waals surface area contributed by atoms with Crippen LogP contribution in [0, 0.1) is 6.92 Å². The number of nitrogens with zero attached hydrogens (tertiary/aromatic N) is 6. The van der Waals surface area contributed by atoms with E-state index in [0.717, 1.165) is 17.9 Å². The molecule has 1 amide bonds. The summed E-state index contributed by atoms with van der Waals surface area (Å²) >= 11 is 0. The molecule has 3 aromatic heterocycles. The average Bonchev–Trinajstić information content (AvgIpc) is 3.25. The summed E-state index contributed by atoms with van der Waals surface area (Å²) in [5.74, 6) is 1.21. The summed E-state index contributed by atoms with van der Waals surface area (Å²) in [7, 11) is 1.81. The van der Waals surface area contributed by atoms with Crippen LogP contribution in [-0.2, 0) is 24.8 Å². The number of hydrogen-bond donors (Lipinski definition) is 1. The molecule has 3 aromatic rings. The summed E-state index contributed by atoms with van der Waals surface area (Å²) in [5.41, 5.74) is 1.62. The first kappa shape index (κ1) is 15.9. The van der Waals surface area contributed by atoms with Crippen molar-refractivity contribution in [1.82, 2.24) is 29.8 Å². The van der Waals surface area contributed by atoms with Gasteiger partial charge in [0.1, 0.15) is 5.69 Å². The highest BCUT2D eigenvalue weighted by Crippen LogP contribution is 2.18. The summed E-state index contributed by atoms with van der Waals surface area (Å²) < 4.78 is 9.03. The van der Waals surface area contributed by atoms with Crippen LogP contribution in [0.1, 0.15) is 24.9 Å². The minimum atomic E-state index is -0.146. The van der Waals surface area contributed by atoms with Crippen LogP contribution in [-0.4, -0.2) is 35.7 Å². The van der Waals surface area contributed by atoms with E-state index in [1.165, 1.54) is 0 Å². The van der Waals surface area contributed by atoms with Gasteiger partial charge in [0.25, 0.3) is 5.89 Å². The van der Waals surface area contributed by atoms with Crippen LogP contribution >= 0.6 is 0 Å². The van der Waals surface area contributed by atoms with Crippen molar-refractivity contribution in [2.45, 2.75) is 33.2 Å². The largest absolute Gasteiger partial charge is 0.419 e. The molecule has 126 valence electrons. The second-order valence-electron chi connectivity index (χ2n) is 5.40. The smallest absolute Gasteiger partial charge is 0.265 e. The van der Waals surface area contributed by atoms with Crippen molar-refractivity contribution in [2.24, 2.45) is 7.05 Å². The molecule has 0 spiro atoms. The predicted molar refractivity (Wildman–Crippen MR) is 86.1 cm³/mol. The van der Waals surface area contributed by atoms with Crippen molar-refractivity contribution in [3.05, 3.63) is 29.9 Å². The number of carbonyl (C=O) groups excluding carboxylic acids is 1. The lowest BCUT2D eigenvalue weighted by atomic mass is 10.3. The van der Waals surface area contributed by atoms with E-state index in [4.69, 9.17) is 4.42 Å². The number of anilines is 1. The molecule has 1 N–H and O–H groups in total. The molecule has 0 aliphatic rings. The quantitative estimate of drug-likeness (QED) is 0.736. The fourth-order valence-electron chi connectivity index (χ4n) is 2.30. The summed E-state index contributed by atoms with van der Waals surface area (Å²) in [4.78, 5) is 12.0. The highest BCUT2D eigenvalue weighted by atomic mass is 16.4. The van der Waals surface area contributed by atoms with E-state index in [9.17, 15) is 4.79 Å². The standard InChI is InChI=1S/C15H19N7O2/c1-4-22-8-7-12(20-22)16-13(23)5-6-14-17-18-15(24-14)11-9-10(2)19-21(11)3/h7-9H,4-6H2,1-3H3,(H,16,20,23). The predicted octanol–water partition coefficient (Wildman–Crippen LogP) is 1.57. The number of nitrogens with one attached hydrogen (secondary N) is 1. The number of rotatable bonds is 6. The summed E-state index contributed by atoms with van der Waals surface area (Å²) in [6.07, 6.45) is 2.42. The third-order valence-corrected chi connectivity index (χ3v) is 3.49. The number of aryl methyl sites for hydroxylation is 4. The second kappa shape index (κ2) is 6.65. The van der Waals surface area contributed by atoms with E-state index in [1.54, 1.807) is 15.4 Å². The first-order valence-electron chi connectivity index (χ1n) is 7.72. The molecular formula is C15H19N7O2. The van der Waals surface area contributed by atoms with E-state index >= 15 is 0 Å². The first-order chi connectivity index (χ1) is 11.5. The minimum absolute atomic E-state index is 0.146. The molecule has 9 heteroatoms. The SMILES string of the molecule is CCn1ccc(NC(=O)CCc2nnc(-c3cc(C)nn3C)o2)n1. The van der Waals surface area contributed by atoms with Gasteiger partial charge in [-0.2, -0.15) is 10.2 Å². The molecule has 3 rings (SSSR count). The van der Waals surface area contributed by atoms with Gasteiger partial charge in [-0.15, -0.1) is 10.2 Å². The zero-order valence-electron chi connectivity index (χ0n) is 13.9. The lowest BCUT2D eigenvalue weighted by Gasteiger charge is -2.00. The van der Waals surface area contributed by atoms with Gasteiger partial charge in [0.15, 0.2) is 5.82 Å². The number of hydrogen-bond acceptors (Lipinski definition) is 6. The third kappa shape index (κ3) is 3.50. The highest BCUT2D eigenvalue weighted by Gasteiger charge is 2.14. The topological polar surface area (TPSA) is 104 Å². The molecule has 0 aliphatic carbocycles. The Morgan fingerprint density at radius 1 is 1.33 bits per heavy atom. The van der Waals surface area contributed by atoms with E-state index < -0.39 is 0 Å². The number of aromatic nitrogens is 6. The summed E-state index contributed by atoms with van der Waals surface area (Å²) in [6.45, 7) is 4.63. The zero-order chi connectivity index (χ0) is 17.1. The van der Waals surface area contributed by atoms with Gasteiger partial charge in [0.2, 0.25) is 11.8 Å². The van der Waals surface area contributed by atoms with Crippen molar-refractivity contribution in [2.75, 3.05) is 5.32 Å². The van der Waals surface area contributed by atoms with Crippen molar-refractivity contribution >= 4 is 11.7 Å². The molecule has 0 atom stereocenters. The van der Waals surface area contributed by atoms with Crippen molar-refractivity contribution in [3.63, 3.8) is 0 Å². The highest BCUT2D eigenvalue weighted by molar-refractivity contribution is 5.89. The van der Waals surface area contributed by atoms with Crippen molar-refractivity contribution in [3.8, 4) is 11.6 Å². The lowest BCUT2D eigenvalue weighted by molar-refractivity contribution is -0.116. The van der Waals surface area contributed by atoms with Crippen LogP contribution in [0.4, 0.5) is 5.82 Å². The average molecular weight is 329 g/mol. The van der Waals surface area contributed by atoms with Gasteiger partial charge in [0.05, 0.1) is 5.69 Å². The van der Waals surface area contributed by atoms with Crippen molar-refractivity contribution < 1.29 is 9.21 Å². The third-order valence-electron chi connectivity index (χ3n) is 3.49. The van der Waals surface area contributed by atoms with Gasteiger partial charge in [-0.3, -0.25) is 14.2 Å². The fourth-order valence-corrected chi connectivity index (χ4v) is 2.30. The lowest BCUT2D eigenvalue weighted by Crippen LogP contribution is -2.13. The van der Waals surface area contributed by atoms with Gasteiger partial charge >= 0.3 is 0 Å². The molecule has 0 unspecified atom stereocenters. The monoisotopic (exact) mass is 329 g/mol. The van der Waals surface area contributed by atoms with Crippen LogP contribution in [0.3, 0.4) is 0 Å². The Bertz CT molecular complexity index is 846. The van der Waals surface area contributed by atoms with Gasteiger partial charge in [0, 0.05) is 38.7 Å². The van der Waals surface area contributed by atoms with Crippen LogP contribution in [0.25, 0.3) is 11.6 Å². The number of amides is 1. The summed E-state index contributed by atoms with van der Waals surface area (Å²) in [5, 5.41) is 19.2. The Morgan fingerprint density at radius 3 is 2.83 bits per heavy atom. The molecule has 0 saturated heterocycles. The molecule has 24 heavy (non-hydrogen) atoms. The van der Waals surface area contributed by atoms with E-state index in [1.807, 2.05) is 33.2 Å². The van der Waals surface area contributed by atoms with E-state index in [-0.39, 0.29) is 12.3 Å². The minimum Gasteiger partial charge on any atom is -0.419 e. The van der Waals surface area contributed by atoms with E-state index in [0.29, 0.717) is 24.0 Å². The van der Waals surface area contributed by atoms with Gasteiger partial charge in [-0.05, 0) is 19.9 Å². The van der Waals surface area contributed by atoms with Crippen LogP contribution in [0.5, 0.6) is 0 Å². The molecule has 0 fully saturated rings. The second-order valence-corrected chi connectivity index (χ2v) is 5.40. The van der Waals surface area contributed by atoms with Gasteiger partial charge < -0.3 is 9.73 Å². The molecule has 3 heterocycles. The zero-order valence-corrected chi connectivity index (χ0v) is 13.9. The Balaban J connectivity index is 1.57. The maximum atomic E-state index is 12.0. The Hall–Kier alpha value is -2.97. The van der Waals surface area contributed by atoms with Crippen LogP contribution in [0.2, 0.25) is 0 Å². The van der Waals surface area contributed by atoms with Crippen LogP contribution in [0.15, 0.2) is 22.7 Å². The van der Waals surface area contributed by atoms with Crippen molar-refractivity contribution in [1.29, 1.82) is 0 Å². The van der Waals surface area contributed by atoms with Gasteiger partial charge in [-0.25, -0.2) is 0 Å². The van der Waals surface area contributed by atoms with Gasteiger partial charge in [-0.1, -0.05) is 0 Å². The molecule has 0 bridgehead atoms. The molecule has 0 saturated carbocycles. The van der Waals surface area contributed by atoms with E-state index in [2.05, 4.69) is 25.7 Å². The molecule has 0 aliphatic heterocycles. The maximum absolute atomic E-state index is 12.0. The normalized spacial score (nSPS) is 11.0. The number of carbonyl (C=O) groups is 1.